The highest BCUT2D eigenvalue weighted by Crippen LogP contribution is 2.35. The minimum atomic E-state index is -0.465. The number of rotatable bonds is 1. The number of piperazine rings is 1. The normalized spacial score (nSPS) is 24.5. The standard InChI is InChI=1S/C15H21N3O3/c1-15(2,3)21-14(20)18-9-11-4-12(18)8-17(11)10-5-13(19)7-16-6-10/h5-7,11-12,19H,4,8-9H2,1-3H3/t11-,12-/m0/s1. The summed E-state index contributed by atoms with van der Waals surface area (Å²) in [6, 6.07) is 2.16. The van der Waals surface area contributed by atoms with Crippen LogP contribution in [-0.2, 0) is 4.74 Å². The number of hydrogen-bond donors (Lipinski definition) is 1. The lowest BCUT2D eigenvalue weighted by atomic mass is 10.2. The molecular formula is C15H21N3O3. The summed E-state index contributed by atoms with van der Waals surface area (Å²) < 4.78 is 5.45. The summed E-state index contributed by atoms with van der Waals surface area (Å²) in [6.45, 7) is 7.06. The maximum absolute atomic E-state index is 12.2. The quantitative estimate of drug-likeness (QED) is 0.857. The van der Waals surface area contributed by atoms with Gasteiger partial charge in [0.05, 0.1) is 24.1 Å². The minimum Gasteiger partial charge on any atom is -0.506 e. The maximum Gasteiger partial charge on any atom is 0.410 e. The van der Waals surface area contributed by atoms with Crippen LogP contribution >= 0.6 is 0 Å². The smallest absolute Gasteiger partial charge is 0.410 e. The van der Waals surface area contributed by atoms with E-state index in [-0.39, 0.29) is 23.9 Å². The number of aromatic hydroxyl groups is 1. The lowest BCUT2D eigenvalue weighted by Crippen LogP contribution is -2.50. The number of hydrogen-bond acceptors (Lipinski definition) is 5. The molecule has 0 radical (unpaired) electrons. The van der Waals surface area contributed by atoms with E-state index in [0.717, 1.165) is 18.7 Å². The zero-order valence-corrected chi connectivity index (χ0v) is 12.6. The molecule has 0 saturated carbocycles. The molecule has 2 bridgehead atoms. The monoisotopic (exact) mass is 291 g/mol. The highest BCUT2D eigenvalue weighted by atomic mass is 16.6. The number of ether oxygens (including phenoxy) is 1. The van der Waals surface area contributed by atoms with Crippen LogP contribution in [0.5, 0.6) is 5.75 Å². The molecule has 114 valence electrons. The number of amides is 1. The van der Waals surface area contributed by atoms with Crippen molar-refractivity contribution in [2.45, 2.75) is 44.9 Å². The summed E-state index contributed by atoms with van der Waals surface area (Å²) in [5.41, 5.74) is 0.444. The maximum atomic E-state index is 12.2. The molecule has 0 spiro atoms. The van der Waals surface area contributed by atoms with E-state index in [4.69, 9.17) is 4.74 Å². The van der Waals surface area contributed by atoms with Crippen LogP contribution in [-0.4, -0.2) is 51.9 Å². The lowest BCUT2D eigenvalue weighted by Gasteiger charge is -2.36. The fourth-order valence-electron chi connectivity index (χ4n) is 3.10. The van der Waals surface area contributed by atoms with Crippen molar-refractivity contribution in [2.75, 3.05) is 18.0 Å². The van der Waals surface area contributed by atoms with Gasteiger partial charge in [-0.1, -0.05) is 0 Å². The molecule has 21 heavy (non-hydrogen) atoms. The van der Waals surface area contributed by atoms with Gasteiger partial charge in [-0.2, -0.15) is 0 Å². The number of carbonyl (C=O) groups excluding carboxylic acids is 1. The molecule has 2 aliphatic heterocycles. The van der Waals surface area contributed by atoms with Crippen molar-refractivity contribution in [1.82, 2.24) is 9.88 Å². The van der Waals surface area contributed by atoms with Gasteiger partial charge in [0.1, 0.15) is 11.4 Å². The number of carbonyl (C=O) groups is 1. The van der Waals surface area contributed by atoms with Crippen LogP contribution in [0.3, 0.4) is 0 Å². The van der Waals surface area contributed by atoms with Crippen molar-refractivity contribution < 1.29 is 14.6 Å². The summed E-state index contributed by atoms with van der Waals surface area (Å²) in [5, 5.41) is 9.54. The van der Waals surface area contributed by atoms with Crippen LogP contribution in [0.4, 0.5) is 10.5 Å². The Morgan fingerprint density at radius 1 is 1.33 bits per heavy atom. The van der Waals surface area contributed by atoms with E-state index < -0.39 is 5.60 Å². The molecule has 1 N–H and O–H groups in total. The number of fused-ring (bicyclic) bond motifs is 2. The molecule has 3 rings (SSSR count). The zero-order valence-electron chi connectivity index (χ0n) is 12.6. The van der Waals surface area contributed by atoms with E-state index in [2.05, 4.69) is 9.88 Å². The summed E-state index contributed by atoms with van der Waals surface area (Å²) in [4.78, 5) is 20.2. The molecule has 3 heterocycles. The molecule has 0 aromatic carbocycles. The topological polar surface area (TPSA) is 65.9 Å². The van der Waals surface area contributed by atoms with E-state index in [1.165, 1.54) is 6.20 Å². The highest BCUT2D eigenvalue weighted by molar-refractivity contribution is 5.70. The first-order valence-corrected chi connectivity index (χ1v) is 7.24. The first kappa shape index (κ1) is 14.0. The molecule has 2 aliphatic rings. The molecule has 1 aromatic heterocycles. The van der Waals surface area contributed by atoms with Gasteiger partial charge in [-0.05, 0) is 27.2 Å². The van der Waals surface area contributed by atoms with Crippen LogP contribution in [0, 0.1) is 0 Å². The number of pyridine rings is 1. The largest absolute Gasteiger partial charge is 0.506 e. The van der Waals surface area contributed by atoms with Crippen molar-refractivity contribution in [2.24, 2.45) is 0 Å². The Morgan fingerprint density at radius 3 is 2.67 bits per heavy atom. The molecule has 2 saturated heterocycles. The van der Waals surface area contributed by atoms with Gasteiger partial charge < -0.3 is 19.6 Å². The van der Waals surface area contributed by atoms with Gasteiger partial charge in [-0.25, -0.2) is 4.79 Å². The summed E-state index contributed by atoms with van der Waals surface area (Å²) >= 11 is 0. The first-order valence-electron chi connectivity index (χ1n) is 7.24. The summed E-state index contributed by atoms with van der Waals surface area (Å²) in [7, 11) is 0. The van der Waals surface area contributed by atoms with Gasteiger partial charge in [0.15, 0.2) is 0 Å². The van der Waals surface area contributed by atoms with Crippen molar-refractivity contribution in [3.05, 3.63) is 18.5 Å². The number of anilines is 1. The second-order valence-corrected chi connectivity index (χ2v) is 6.73. The number of likely N-dealkylation sites (tertiary alicyclic amines) is 1. The third-order valence-corrected chi connectivity index (χ3v) is 3.91. The van der Waals surface area contributed by atoms with E-state index in [9.17, 15) is 9.90 Å². The number of nitrogens with zero attached hydrogens (tertiary/aromatic N) is 3. The first-order chi connectivity index (χ1) is 9.83. The van der Waals surface area contributed by atoms with Crippen molar-refractivity contribution in [1.29, 1.82) is 0 Å². The molecule has 6 nitrogen and oxygen atoms in total. The molecule has 2 atom stereocenters. The fourth-order valence-corrected chi connectivity index (χ4v) is 3.10. The van der Waals surface area contributed by atoms with Crippen molar-refractivity contribution in [3.8, 4) is 5.75 Å². The Morgan fingerprint density at radius 2 is 2.10 bits per heavy atom. The molecule has 1 aromatic rings. The van der Waals surface area contributed by atoms with Crippen molar-refractivity contribution in [3.63, 3.8) is 0 Å². The second-order valence-electron chi connectivity index (χ2n) is 6.73. The third kappa shape index (κ3) is 2.75. The molecule has 2 fully saturated rings. The summed E-state index contributed by atoms with van der Waals surface area (Å²) in [5.74, 6) is 0.166. The summed E-state index contributed by atoms with van der Waals surface area (Å²) in [6.07, 6.45) is 3.88. The van der Waals surface area contributed by atoms with Crippen LogP contribution in [0.15, 0.2) is 18.5 Å². The van der Waals surface area contributed by atoms with Crippen LogP contribution < -0.4 is 4.90 Å². The Bertz CT molecular complexity index is 555. The van der Waals surface area contributed by atoms with Crippen LogP contribution in [0.25, 0.3) is 0 Å². The predicted molar refractivity (Wildman–Crippen MR) is 78.4 cm³/mol. The molecule has 6 heteroatoms. The average molecular weight is 291 g/mol. The highest BCUT2D eigenvalue weighted by Gasteiger charge is 2.46. The van der Waals surface area contributed by atoms with E-state index in [0.29, 0.717) is 6.54 Å². The van der Waals surface area contributed by atoms with Crippen LogP contribution in [0.2, 0.25) is 0 Å². The SMILES string of the molecule is CC(C)(C)OC(=O)N1C[C@@H]2C[C@H]1CN2c1cncc(O)c1. The van der Waals surface area contributed by atoms with Crippen molar-refractivity contribution >= 4 is 11.8 Å². The Balaban J connectivity index is 1.68. The third-order valence-electron chi connectivity index (χ3n) is 3.91. The minimum absolute atomic E-state index is 0.166. The van der Waals surface area contributed by atoms with Gasteiger partial charge in [-0.15, -0.1) is 0 Å². The zero-order chi connectivity index (χ0) is 15.2. The predicted octanol–water partition coefficient (Wildman–Crippen LogP) is 1.99. The van der Waals surface area contributed by atoms with E-state index in [1.807, 2.05) is 25.7 Å². The Labute approximate surface area is 124 Å². The second kappa shape index (κ2) is 4.79. The van der Waals surface area contributed by atoms with E-state index >= 15 is 0 Å². The molecular weight excluding hydrogens is 270 g/mol. The average Bonchev–Trinajstić information content (AvgIpc) is 2.96. The van der Waals surface area contributed by atoms with Crippen LogP contribution in [0.1, 0.15) is 27.2 Å². The van der Waals surface area contributed by atoms with Gasteiger partial charge in [-0.3, -0.25) is 4.98 Å². The number of aromatic nitrogens is 1. The van der Waals surface area contributed by atoms with Gasteiger partial charge in [0, 0.05) is 25.2 Å². The molecule has 0 aliphatic carbocycles. The fraction of sp³-hybridized carbons (Fsp3) is 0.600. The molecule has 1 amide bonds. The Kier molecular flexibility index (Phi) is 3.19. The van der Waals surface area contributed by atoms with E-state index in [1.54, 1.807) is 12.3 Å². The van der Waals surface area contributed by atoms with Gasteiger partial charge >= 0.3 is 6.09 Å². The molecule has 0 unspecified atom stereocenters. The Hall–Kier alpha value is -1.98. The lowest BCUT2D eigenvalue weighted by molar-refractivity contribution is 0.0214. The van der Waals surface area contributed by atoms with Gasteiger partial charge in [0.25, 0.3) is 0 Å². The van der Waals surface area contributed by atoms with Gasteiger partial charge in [0.2, 0.25) is 0 Å².